The standard InChI is InChI=1S/C15H17N5O2S/c1-19-8-10(7-16-19)20-5-4-12(14(20)22)23-15-17-11(9-2-3-9)6-13(21)18-15/h6-9,12H,2-5H2,1H3,(H,17,18,21)/t12-/m1/s1. The number of rotatable bonds is 4. The lowest BCUT2D eigenvalue weighted by atomic mass is 10.3. The Labute approximate surface area is 137 Å². The van der Waals surface area contributed by atoms with Crippen LogP contribution in [-0.2, 0) is 11.8 Å². The molecule has 1 aliphatic carbocycles. The lowest BCUT2D eigenvalue weighted by molar-refractivity contribution is -0.116. The predicted molar refractivity (Wildman–Crippen MR) is 86.7 cm³/mol. The minimum Gasteiger partial charge on any atom is -0.308 e. The number of carbonyl (C=O) groups is 1. The van der Waals surface area contributed by atoms with E-state index >= 15 is 0 Å². The van der Waals surface area contributed by atoms with Crippen molar-refractivity contribution in [2.24, 2.45) is 7.05 Å². The molecule has 1 amide bonds. The molecule has 2 fully saturated rings. The fraction of sp³-hybridized carbons (Fsp3) is 0.467. The molecule has 0 bridgehead atoms. The van der Waals surface area contributed by atoms with E-state index < -0.39 is 0 Å². The molecule has 0 spiro atoms. The van der Waals surface area contributed by atoms with Gasteiger partial charge >= 0.3 is 0 Å². The largest absolute Gasteiger partial charge is 0.308 e. The summed E-state index contributed by atoms with van der Waals surface area (Å²) in [5, 5.41) is 4.44. The first-order chi connectivity index (χ1) is 11.1. The van der Waals surface area contributed by atoms with E-state index in [-0.39, 0.29) is 16.7 Å². The summed E-state index contributed by atoms with van der Waals surface area (Å²) in [6, 6.07) is 1.57. The Balaban J connectivity index is 1.51. The Bertz CT molecular complexity index is 810. The van der Waals surface area contributed by atoms with Crippen molar-refractivity contribution < 1.29 is 4.79 Å². The number of hydrogen-bond donors (Lipinski definition) is 1. The highest BCUT2D eigenvalue weighted by atomic mass is 32.2. The minimum absolute atomic E-state index is 0.0440. The molecule has 120 valence electrons. The average molecular weight is 331 g/mol. The molecule has 2 aliphatic rings. The summed E-state index contributed by atoms with van der Waals surface area (Å²) in [5.74, 6) is 0.463. The molecular formula is C15H17N5O2S. The van der Waals surface area contributed by atoms with Crippen molar-refractivity contribution in [3.63, 3.8) is 0 Å². The van der Waals surface area contributed by atoms with Crippen LogP contribution in [-0.4, -0.2) is 37.5 Å². The van der Waals surface area contributed by atoms with E-state index in [1.807, 2.05) is 13.2 Å². The number of H-pyrrole nitrogens is 1. The predicted octanol–water partition coefficient (Wildman–Crippen LogP) is 1.28. The van der Waals surface area contributed by atoms with Gasteiger partial charge < -0.3 is 9.88 Å². The van der Waals surface area contributed by atoms with Crippen LogP contribution in [0, 0.1) is 0 Å². The maximum atomic E-state index is 12.6. The van der Waals surface area contributed by atoms with Gasteiger partial charge in [-0.15, -0.1) is 0 Å². The van der Waals surface area contributed by atoms with Crippen LogP contribution in [0.3, 0.4) is 0 Å². The number of nitrogens with one attached hydrogen (secondary N) is 1. The maximum absolute atomic E-state index is 12.6. The fourth-order valence-electron chi connectivity index (χ4n) is 2.80. The Hall–Kier alpha value is -2.09. The van der Waals surface area contributed by atoms with E-state index in [0.717, 1.165) is 30.6 Å². The third-order valence-corrected chi connectivity index (χ3v) is 5.29. The molecule has 23 heavy (non-hydrogen) atoms. The zero-order chi connectivity index (χ0) is 16.0. The SMILES string of the molecule is Cn1cc(N2CC[C@@H](Sc3nc(C4CC4)cc(=O)[nH]3)C2=O)cn1. The van der Waals surface area contributed by atoms with Gasteiger partial charge in [-0.25, -0.2) is 4.98 Å². The summed E-state index contributed by atoms with van der Waals surface area (Å²) in [6.45, 7) is 0.661. The Morgan fingerprint density at radius 2 is 2.13 bits per heavy atom. The van der Waals surface area contributed by atoms with Crippen molar-refractivity contribution in [3.8, 4) is 0 Å². The van der Waals surface area contributed by atoms with Gasteiger partial charge in [-0.3, -0.25) is 14.3 Å². The monoisotopic (exact) mass is 331 g/mol. The van der Waals surface area contributed by atoms with Crippen LogP contribution in [0.25, 0.3) is 0 Å². The fourth-order valence-corrected chi connectivity index (χ4v) is 3.84. The van der Waals surface area contributed by atoms with E-state index in [2.05, 4.69) is 15.1 Å². The van der Waals surface area contributed by atoms with E-state index in [9.17, 15) is 9.59 Å². The van der Waals surface area contributed by atoms with Crippen LogP contribution in [0.2, 0.25) is 0 Å². The zero-order valence-corrected chi connectivity index (χ0v) is 13.5. The third kappa shape index (κ3) is 2.90. The normalized spacial score (nSPS) is 21.2. The van der Waals surface area contributed by atoms with Gasteiger partial charge in [0.25, 0.3) is 5.56 Å². The van der Waals surface area contributed by atoms with Crippen molar-refractivity contribution in [1.29, 1.82) is 0 Å². The van der Waals surface area contributed by atoms with E-state index in [4.69, 9.17) is 0 Å². The highest BCUT2D eigenvalue weighted by molar-refractivity contribution is 8.00. The number of aromatic amines is 1. The molecular weight excluding hydrogens is 314 g/mol. The van der Waals surface area contributed by atoms with Crippen LogP contribution < -0.4 is 10.5 Å². The topological polar surface area (TPSA) is 83.9 Å². The summed E-state index contributed by atoms with van der Waals surface area (Å²) < 4.78 is 1.68. The van der Waals surface area contributed by atoms with Crippen LogP contribution >= 0.6 is 11.8 Å². The molecule has 0 aromatic carbocycles. The third-order valence-electron chi connectivity index (χ3n) is 4.15. The zero-order valence-electron chi connectivity index (χ0n) is 12.7. The first-order valence-electron chi connectivity index (χ1n) is 7.68. The number of thioether (sulfide) groups is 1. The van der Waals surface area contributed by atoms with Gasteiger partial charge in [-0.2, -0.15) is 5.10 Å². The first-order valence-corrected chi connectivity index (χ1v) is 8.56. The summed E-state index contributed by atoms with van der Waals surface area (Å²) in [5.41, 5.74) is 1.53. The lowest BCUT2D eigenvalue weighted by Gasteiger charge is -2.13. The quantitative estimate of drug-likeness (QED) is 0.853. The van der Waals surface area contributed by atoms with Gasteiger partial charge in [-0.05, 0) is 19.3 Å². The Kier molecular flexibility index (Phi) is 3.48. The number of carbonyl (C=O) groups excluding carboxylic acids is 1. The number of aromatic nitrogens is 4. The molecule has 2 aromatic rings. The van der Waals surface area contributed by atoms with E-state index in [1.165, 1.54) is 11.8 Å². The number of anilines is 1. The maximum Gasteiger partial charge on any atom is 0.251 e. The van der Waals surface area contributed by atoms with Crippen molar-refractivity contribution >= 4 is 23.4 Å². The van der Waals surface area contributed by atoms with Gasteiger partial charge in [0.15, 0.2) is 5.16 Å². The Morgan fingerprint density at radius 3 is 2.83 bits per heavy atom. The highest BCUT2D eigenvalue weighted by Crippen LogP contribution is 2.39. The van der Waals surface area contributed by atoms with Gasteiger partial charge in [0.1, 0.15) is 0 Å². The van der Waals surface area contributed by atoms with Gasteiger partial charge in [0, 0.05) is 31.8 Å². The van der Waals surface area contributed by atoms with Crippen LogP contribution in [0.1, 0.15) is 30.9 Å². The molecule has 1 saturated carbocycles. The van der Waals surface area contributed by atoms with E-state index in [1.54, 1.807) is 21.8 Å². The van der Waals surface area contributed by atoms with Crippen LogP contribution in [0.4, 0.5) is 5.69 Å². The smallest absolute Gasteiger partial charge is 0.251 e. The second kappa shape index (κ2) is 5.52. The average Bonchev–Trinajstić information content (AvgIpc) is 3.19. The summed E-state index contributed by atoms with van der Waals surface area (Å²) in [4.78, 5) is 33.4. The summed E-state index contributed by atoms with van der Waals surface area (Å²) >= 11 is 1.35. The van der Waals surface area contributed by atoms with Crippen LogP contribution in [0.5, 0.6) is 0 Å². The molecule has 1 N–H and O–H groups in total. The summed E-state index contributed by atoms with van der Waals surface area (Å²) in [7, 11) is 1.83. The molecule has 2 aromatic heterocycles. The molecule has 1 atom stereocenters. The van der Waals surface area contributed by atoms with Gasteiger partial charge in [0.05, 0.1) is 22.8 Å². The Morgan fingerprint density at radius 1 is 1.30 bits per heavy atom. The van der Waals surface area contributed by atoms with Gasteiger partial charge in [-0.1, -0.05) is 11.8 Å². The molecule has 8 heteroatoms. The number of aryl methyl sites for hydroxylation is 1. The molecule has 3 heterocycles. The molecule has 7 nitrogen and oxygen atoms in total. The van der Waals surface area contributed by atoms with Crippen LogP contribution in [0.15, 0.2) is 28.4 Å². The van der Waals surface area contributed by atoms with Crippen molar-refractivity contribution in [2.45, 2.75) is 35.6 Å². The minimum atomic E-state index is -0.215. The highest BCUT2D eigenvalue weighted by Gasteiger charge is 2.35. The second-order valence-corrected chi connectivity index (χ2v) is 7.20. The number of hydrogen-bond acceptors (Lipinski definition) is 5. The first kappa shape index (κ1) is 14.5. The lowest BCUT2D eigenvalue weighted by Crippen LogP contribution is -2.28. The summed E-state index contributed by atoms with van der Waals surface area (Å²) in [6.07, 6.45) is 6.45. The van der Waals surface area contributed by atoms with Crippen molar-refractivity contribution in [2.75, 3.05) is 11.4 Å². The number of amides is 1. The molecule has 0 radical (unpaired) electrons. The second-order valence-electron chi connectivity index (χ2n) is 6.01. The molecule has 1 aliphatic heterocycles. The molecule has 0 unspecified atom stereocenters. The number of nitrogens with zero attached hydrogens (tertiary/aromatic N) is 4. The van der Waals surface area contributed by atoms with Crippen molar-refractivity contribution in [3.05, 3.63) is 34.5 Å². The van der Waals surface area contributed by atoms with Crippen molar-refractivity contribution in [1.82, 2.24) is 19.7 Å². The van der Waals surface area contributed by atoms with E-state index in [0.29, 0.717) is 17.6 Å². The molecule has 4 rings (SSSR count). The van der Waals surface area contributed by atoms with Gasteiger partial charge in [0.2, 0.25) is 5.91 Å². The molecule has 1 saturated heterocycles.